The van der Waals surface area contributed by atoms with Crippen LogP contribution < -0.4 is 5.32 Å². The third-order valence-corrected chi connectivity index (χ3v) is 4.92. The number of hydrogen-bond acceptors (Lipinski definition) is 3. The van der Waals surface area contributed by atoms with Gasteiger partial charge < -0.3 is 15.0 Å². The Labute approximate surface area is 137 Å². The molecule has 2 fully saturated rings. The maximum Gasteiger partial charge on any atom is 0.251 e. The fraction of sp³-hybridized carbons (Fsp3) is 0.556. The second kappa shape index (κ2) is 7.13. The van der Waals surface area contributed by atoms with Gasteiger partial charge in [0, 0.05) is 13.6 Å². The molecule has 1 heterocycles. The molecule has 1 aromatic carbocycles. The second-order valence-corrected chi connectivity index (χ2v) is 6.49. The minimum atomic E-state index is -0.651. The number of likely N-dealkylation sites (N-methyl/N-ethyl adjacent to an activating group) is 1. The van der Waals surface area contributed by atoms with E-state index in [0.29, 0.717) is 12.5 Å². The van der Waals surface area contributed by atoms with Crippen molar-refractivity contribution in [3.63, 3.8) is 0 Å². The largest absolute Gasteiger partial charge is 0.356 e. The van der Waals surface area contributed by atoms with Gasteiger partial charge in [0.05, 0.1) is 6.04 Å². The fourth-order valence-electron chi connectivity index (χ4n) is 3.54. The summed E-state index contributed by atoms with van der Waals surface area (Å²) in [5.41, 5.74) is 0.920. The maximum atomic E-state index is 12.6. The van der Waals surface area contributed by atoms with Crippen LogP contribution in [0.4, 0.5) is 0 Å². The molecule has 1 saturated heterocycles. The Balaban J connectivity index is 1.72. The van der Waals surface area contributed by atoms with E-state index >= 15 is 0 Å². The molecule has 23 heavy (non-hydrogen) atoms. The SMILES string of the molecule is CN1C(=O)COC(C(=O)NCC2CCCC2)C1c1ccccc1. The van der Waals surface area contributed by atoms with Crippen molar-refractivity contribution in [3.8, 4) is 0 Å². The van der Waals surface area contributed by atoms with Crippen molar-refractivity contribution < 1.29 is 14.3 Å². The Morgan fingerprint density at radius 3 is 2.65 bits per heavy atom. The van der Waals surface area contributed by atoms with Gasteiger partial charge in [0.2, 0.25) is 5.91 Å². The molecule has 1 aliphatic carbocycles. The van der Waals surface area contributed by atoms with Gasteiger partial charge in [-0.15, -0.1) is 0 Å². The van der Waals surface area contributed by atoms with Crippen LogP contribution in [-0.2, 0) is 14.3 Å². The minimum absolute atomic E-state index is 0.0403. The molecular weight excluding hydrogens is 292 g/mol. The molecule has 0 spiro atoms. The molecule has 1 aliphatic heterocycles. The van der Waals surface area contributed by atoms with E-state index in [0.717, 1.165) is 5.56 Å². The van der Waals surface area contributed by atoms with Gasteiger partial charge in [-0.2, -0.15) is 0 Å². The first kappa shape index (κ1) is 16.0. The first-order valence-electron chi connectivity index (χ1n) is 8.36. The average molecular weight is 316 g/mol. The van der Waals surface area contributed by atoms with Gasteiger partial charge in [0.15, 0.2) is 6.10 Å². The summed E-state index contributed by atoms with van der Waals surface area (Å²) in [6.45, 7) is 0.666. The number of rotatable bonds is 4. The van der Waals surface area contributed by atoms with Crippen molar-refractivity contribution in [3.05, 3.63) is 35.9 Å². The zero-order valence-electron chi connectivity index (χ0n) is 13.5. The molecule has 1 aromatic rings. The molecule has 0 radical (unpaired) electrons. The van der Waals surface area contributed by atoms with Crippen LogP contribution in [0.15, 0.2) is 30.3 Å². The predicted octanol–water partition coefficient (Wildman–Crippen LogP) is 1.89. The van der Waals surface area contributed by atoms with Crippen molar-refractivity contribution in [1.82, 2.24) is 10.2 Å². The van der Waals surface area contributed by atoms with Crippen molar-refractivity contribution in [2.24, 2.45) is 5.92 Å². The van der Waals surface area contributed by atoms with Gasteiger partial charge in [-0.05, 0) is 24.3 Å². The van der Waals surface area contributed by atoms with Gasteiger partial charge in [-0.1, -0.05) is 43.2 Å². The number of ether oxygens (including phenoxy) is 1. The summed E-state index contributed by atoms with van der Waals surface area (Å²) in [5, 5.41) is 3.03. The number of amides is 2. The second-order valence-electron chi connectivity index (χ2n) is 6.49. The standard InChI is InChI=1S/C18H24N2O3/c1-20-15(21)12-23-17(16(20)14-9-3-2-4-10-14)18(22)19-11-13-7-5-6-8-13/h2-4,9-10,13,16-17H,5-8,11-12H2,1H3,(H,19,22). The van der Waals surface area contributed by atoms with E-state index in [1.54, 1.807) is 11.9 Å². The molecule has 0 bridgehead atoms. The van der Waals surface area contributed by atoms with Crippen LogP contribution >= 0.6 is 0 Å². The lowest BCUT2D eigenvalue weighted by Gasteiger charge is -2.38. The van der Waals surface area contributed by atoms with Crippen LogP contribution in [0.2, 0.25) is 0 Å². The smallest absolute Gasteiger partial charge is 0.251 e. The number of morpholine rings is 1. The Morgan fingerprint density at radius 1 is 1.26 bits per heavy atom. The van der Waals surface area contributed by atoms with E-state index in [1.165, 1.54) is 25.7 Å². The molecule has 5 nitrogen and oxygen atoms in total. The molecule has 0 aromatic heterocycles. The van der Waals surface area contributed by atoms with Crippen LogP contribution in [-0.4, -0.2) is 43.0 Å². The molecule has 2 amide bonds. The monoisotopic (exact) mass is 316 g/mol. The fourth-order valence-corrected chi connectivity index (χ4v) is 3.54. The highest BCUT2D eigenvalue weighted by Gasteiger charge is 2.40. The number of hydrogen-bond donors (Lipinski definition) is 1. The number of nitrogens with zero attached hydrogens (tertiary/aromatic N) is 1. The molecule has 124 valence electrons. The Kier molecular flexibility index (Phi) is 4.96. The molecule has 2 atom stereocenters. The van der Waals surface area contributed by atoms with Crippen LogP contribution in [0.3, 0.4) is 0 Å². The van der Waals surface area contributed by atoms with Crippen LogP contribution in [0.1, 0.15) is 37.3 Å². The lowest BCUT2D eigenvalue weighted by atomic mass is 9.97. The number of nitrogens with one attached hydrogen (secondary N) is 1. The first-order valence-corrected chi connectivity index (χ1v) is 8.36. The summed E-state index contributed by atoms with van der Waals surface area (Å²) in [6.07, 6.45) is 4.23. The van der Waals surface area contributed by atoms with Crippen LogP contribution in [0.5, 0.6) is 0 Å². The van der Waals surface area contributed by atoms with E-state index in [-0.39, 0.29) is 24.5 Å². The molecule has 1 saturated carbocycles. The summed E-state index contributed by atoms with van der Waals surface area (Å²) < 4.78 is 5.60. The lowest BCUT2D eigenvalue weighted by molar-refractivity contribution is -0.162. The van der Waals surface area contributed by atoms with Gasteiger partial charge in [0.1, 0.15) is 6.61 Å². The minimum Gasteiger partial charge on any atom is -0.356 e. The van der Waals surface area contributed by atoms with Gasteiger partial charge in [-0.25, -0.2) is 0 Å². The zero-order chi connectivity index (χ0) is 16.2. The normalized spacial score (nSPS) is 25.6. The van der Waals surface area contributed by atoms with Crippen molar-refractivity contribution in [1.29, 1.82) is 0 Å². The number of carbonyl (C=O) groups excluding carboxylic acids is 2. The number of benzene rings is 1. The van der Waals surface area contributed by atoms with E-state index in [9.17, 15) is 9.59 Å². The quantitative estimate of drug-likeness (QED) is 0.923. The Bertz CT molecular complexity index is 555. The van der Waals surface area contributed by atoms with Gasteiger partial charge in [0.25, 0.3) is 5.91 Å². The van der Waals surface area contributed by atoms with Crippen molar-refractivity contribution in [2.75, 3.05) is 20.2 Å². The first-order chi connectivity index (χ1) is 11.2. The summed E-state index contributed by atoms with van der Waals surface area (Å²) in [7, 11) is 1.74. The van der Waals surface area contributed by atoms with Crippen molar-refractivity contribution >= 4 is 11.8 Å². The average Bonchev–Trinajstić information content (AvgIpc) is 3.09. The van der Waals surface area contributed by atoms with E-state index in [1.807, 2.05) is 30.3 Å². The summed E-state index contributed by atoms with van der Waals surface area (Å²) >= 11 is 0. The lowest BCUT2D eigenvalue weighted by Crippen LogP contribution is -2.53. The van der Waals surface area contributed by atoms with Crippen molar-refractivity contribution in [2.45, 2.75) is 37.8 Å². The van der Waals surface area contributed by atoms with E-state index in [2.05, 4.69) is 5.32 Å². The highest BCUT2D eigenvalue weighted by Crippen LogP contribution is 2.29. The zero-order valence-corrected chi connectivity index (χ0v) is 13.5. The molecule has 2 aliphatic rings. The summed E-state index contributed by atoms with van der Waals surface area (Å²) in [6, 6.07) is 9.23. The van der Waals surface area contributed by atoms with Gasteiger partial charge >= 0.3 is 0 Å². The van der Waals surface area contributed by atoms with Gasteiger partial charge in [-0.3, -0.25) is 9.59 Å². The Morgan fingerprint density at radius 2 is 1.96 bits per heavy atom. The molecule has 2 unspecified atom stereocenters. The van der Waals surface area contributed by atoms with E-state index < -0.39 is 6.10 Å². The summed E-state index contributed by atoms with van der Waals surface area (Å²) in [4.78, 5) is 26.2. The third-order valence-electron chi connectivity index (χ3n) is 4.92. The summed E-state index contributed by atoms with van der Waals surface area (Å²) in [5.74, 6) is 0.362. The number of carbonyl (C=O) groups is 2. The highest BCUT2D eigenvalue weighted by atomic mass is 16.5. The molecule has 3 rings (SSSR count). The molecular formula is C18H24N2O3. The third kappa shape index (κ3) is 3.55. The van der Waals surface area contributed by atoms with Crippen LogP contribution in [0.25, 0.3) is 0 Å². The molecule has 1 N–H and O–H groups in total. The Hall–Kier alpha value is -1.88. The maximum absolute atomic E-state index is 12.6. The highest BCUT2D eigenvalue weighted by molar-refractivity contribution is 5.86. The topological polar surface area (TPSA) is 58.6 Å². The van der Waals surface area contributed by atoms with Crippen LogP contribution in [0, 0.1) is 5.92 Å². The predicted molar refractivity (Wildman–Crippen MR) is 86.7 cm³/mol. The van der Waals surface area contributed by atoms with E-state index in [4.69, 9.17) is 4.74 Å². The molecule has 5 heteroatoms.